The molecule has 0 atom stereocenters. The van der Waals surface area contributed by atoms with Gasteiger partial charge in [-0.25, -0.2) is 0 Å². The lowest BCUT2D eigenvalue weighted by Crippen LogP contribution is -2.30. The molecule has 0 saturated heterocycles. The molecular formula is C18H17BrF6N4S. The van der Waals surface area contributed by atoms with Crippen LogP contribution in [0.2, 0.25) is 0 Å². The van der Waals surface area contributed by atoms with Gasteiger partial charge >= 0.3 is 12.4 Å². The monoisotopic (exact) mass is 514 g/mol. The maximum atomic E-state index is 13.1. The molecule has 0 bridgehead atoms. The predicted molar refractivity (Wildman–Crippen MR) is 107 cm³/mol. The molecule has 3 rings (SSSR count). The van der Waals surface area contributed by atoms with Gasteiger partial charge in [-0.3, -0.25) is 4.68 Å². The Kier molecular flexibility index (Phi) is 6.66. The van der Waals surface area contributed by atoms with E-state index >= 15 is 0 Å². The van der Waals surface area contributed by atoms with Crippen molar-refractivity contribution in [1.29, 1.82) is 0 Å². The molecule has 12 heteroatoms. The number of rotatable bonds is 6. The molecule has 2 N–H and O–H groups in total. The molecule has 1 heterocycles. The average molecular weight is 515 g/mol. The fourth-order valence-corrected chi connectivity index (χ4v) is 3.98. The lowest BCUT2D eigenvalue weighted by molar-refractivity contribution is -0.142. The van der Waals surface area contributed by atoms with Crippen molar-refractivity contribution in [2.75, 3.05) is 11.9 Å². The fourth-order valence-electron chi connectivity index (χ4n) is 2.93. The summed E-state index contributed by atoms with van der Waals surface area (Å²) in [6.07, 6.45) is -6.92. The highest BCUT2D eigenvalue weighted by molar-refractivity contribution is 9.10. The second kappa shape index (κ2) is 8.74. The first-order valence-corrected chi connectivity index (χ1v) is 10.2. The molecular weight excluding hydrogens is 498 g/mol. The molecule has 1 fully saturated rings. The number of aryl methyl sites for hydroxylation is 1. The topological polar surface area (TPSA) is 41.9 Å². The highest BCUT2D eigenvalue weighted by Gasteiger charge is 2.41. The van der Waals surface area contributed by atoms with E-state index in [0.29, 0.717) is 18.7 Å². The summed E-state index contributed by atoms with van der Waals surface area (Å²) in [7, 11) is 0. The molecule has 4 nitrogen and oxygen atoms in total. The van der Waals surface area contributed by atoms with E-state index in [2.05, 4.69) is 31.7 Å². The number of hydrogen-bond acceptors (Lipinski definition) is 2. The van der Waals surface area contributed by atoms with Gasteiger partial charge in [0, 0.05) is 24.7 Å². The molecule has 1 aromatic carbocycles. The highest BCUT2D eigenvalue weighted by Crippen LogP contribution is 2.47. The first-order chi connectivity index (χ1) is 14.0. The van der Waals surface area contributed by atoms with E-state index in [0.717, 1.165) is 25.0 Å². The Morgan fingerprint density at radius 1 is 1.17 bits per heavy atom. The van der Waals surface area contributed by atoms with Crippen molar-refractivity contribution >= 4 is 38.9 Å². The standard InChI is InChI=1S/C18H17BrF6N4S/c19-13-14(10-5-6-10)29(28-15(13)18(23,24)25)8-2-7-26-16(30)27-12-4-1-3-11(9-12)17(20,21)22/h1,3-4,9-10H,2,5-8H2,(H2,26,27,30). The molecule has 0 unspecified atom stereocenters. The average Bonchev–Trinajstić information content (AvgIpc) is 3.40. The summed E-state index contributed by atoms with van der Waals surface area (Å²) < 4.78 is 79.0. The van der Waals surface area contributed by atoms with Crippen molar-refractivity contribution in [1.82, 2.24) is 15.1 Å². The molecule has 1 aliphatic rings. The normalized spacial score (nSPS) is 14.6. The number of anilines is 1. The van der Waals surface area contributed by atoms with Gasteiger partial charge in [0.25, 0.3) is 0 Å². The molecule has 30 heavy (non-hydrogen) atoms. The highest BCUT2D eigenvalue weighted by atomic mass is 79.9. The summed E-state index contributed by atoms with van der Waals surface area (Å²) in [4.78, 5) is 0. The van der Waals surface area contributed by atoms with Gasteiger partial charge in [0.1, 0.15) is 0 Å². The van der Waals surface area contributed by atoms with Gasteiger partial charge in [-0.15, -0.1) is 0 Å². The number of benzene rings is 1. The van der Waals surface area contributed by atoms with Crippen molar-refractivity contribution in [3.8, 4) is 0 Å². The summed E-state index contributed by atoms with van der Waals surface area (Å²) in [5.41, 5.74) is -0.997. The number of thiocarbonyl (C=S) groups is 1. The van der Waals surface area contributed by atoms with Gasteiger partial charge in [-0.1, -0.05) is 6.07 Å². The van der Waals surface area contributed by atoms with Crippen LogP contribution < -0.4 is 10.6 Å². The Morgan fingerprint density at radius 2 is 1.87 bits per heavy atom. The van der Waals surface area contributed by atoms with E-state index in [1.54, 1.807) is 0 Å². The summed E-state index contributed by atoms with van der Waals surface area (Å²) in [5, 5.41) is 9.35. The zero-order valence-electron chi connectivity index (χ0n) is 15.4. The van der Waals surface area contributed by atoms with Crippen LogP contribution in [-0.4, -0.2) is 21.4 Å². The zero-order chi connectivity index (χ0) is 22.1. The van der Waals surface area contributed by atoms with Crippen molar-refractivity contribution in [3.05, 3.63) is 45.7 Å². The van der Waals surface area contributed by atoms with Crippen molar-refractivity contribution in [2.45, 2.75) is 44.1 Å². The number of nitrogens with one attached hydrogen (secondary N) is 2. The Labute approximate surface area is 182 Å². The Morgan fingerprint density at radius 3 is 2.47 bits per heavy atom. The second-order valence-electron chi connectivity index (χ2n) is 6.86. The quantitative estimate of drug-likeness (QED) is 0.284. The molecule has 2 aromatic rings. The predicted octanol–water partition coefficient (Wildman–Crippen LogP) is 5.94. The van der Waals surface area contributed by atoms with E-state index in [1.807, 2.05) is 0 Å². The smallest absolute Gasteiger partial charge is 0.362 e. The van der Waals surface area contributed by atoms with Crippen LogP contribution in [0.15, 0.2) is 28.7 Å². The number of aromatic nitrogens is 2. The zero-order valence-corrected chi connectivity index (χ0v) is 17.8. The minimum Gasteiger partial charge on any atom is -0.362 e. The van der Waals surface area contributed by atoms with Crippen LogP contribution in [0.4, 0.5) is 32.0 Å². The maximum Gasteiger partial charge on any atom is 0.436 e. The lowest BCUT2D eigenvalue weighted by atomic mass is 10.2. The van der Waals surface area contributed by atoms with Crippen LogP contribution in [0.5, 0.6) is 0 Å². The fraction of sp³-hybridized carbons (Fsp3) is 0.444. The Hall–Kier alpha value is -1.82. The first kappa shape index (κ1) is 22.9. The lowest BCUT2D eigenvalue weighted by Gasteiger charge is -2.13. The largest absolute Gasteiger partial charge is 0.436 e. The van der Waals surface area contributed by atoms with Gasteiger partial charge in [0.2, 0.25) is 0 Å². The van der Waals surface area contributed by atoms with Crippen molar-refractivity contribution in [3.63, 3.8) is 0 Å². The number of halogens is 7. The van der Waals surface area contributed by atoms with Crippen molar-refractivity contribution < 1.29 is 26.3 Å². The van der Waals surface area contributed by atoms with Crippen LogP contribution in [0.1, 0.15) is 42.1 Å². The van der Waals surface area contributed by atoms with Gasteiger partial charge in [-0.2, -0.15) is 31.4 Å². The third-order valence-corrected chi connectivity index (χ3v) is 5.47. The molecule has 0 spiro atoms. The Bertz CT molecular complexity index is 920. The molecule has 1 aromatic heterocycles. The minimum atomic E-state index is -4.54. The molecule has 164 valence electrons. The molecule has 0 amide bonds. The minimum absolute atomic E-state index is 0.00723. The van der Waals surface area contributed by atoms with Crippen LogP contribution in [0.25, 0.3) is 0 Å². The van der Waals surface area contributed by atoms with Crippen molar-refractivity contribution in [2.24, 2.45) is 0 Å². The summed E-state index contributed by atoms with van der Waals surface area (Å²) >= 11 is 8.11. The molecule has 1 aliphatic carbocycles. The van der Waals surface area contributed by atoms with Gasteiger partial charge in [0.05, 0.1) is 15.7 Å². The second-order valence-corrected chi connectivity index (χ2v) is 8.06. The van der Waals surface area contributed by atoms with Gasteiger partial charge in [0.15, 0.2) is 10.8 Å². The van der Waals surface area contributed by atoms with Crippen LogP contribution in [0, 0.1) is 0 Å². The molecule has 0 aliphatic heterocycles. The van der Waals surface area contributed by atoms with E-state index in [-0.39, 0.29) is 27.7 Å². The van der Waals surface area contributed by atoms with E-state index < -0.39 is 23.6 Å². The summed E-state index contributed by atoms with van der Waals surface area (Å²) in [6.45, 7) is 0.563. The van der Waals surface area contributed by atoms with E-state index in [4.69, 9.17) is 12.2 Å². The maximum absolute atomic E-state index is 13.1. The van der Waals surface area contributed by atoms with Gasteiger partial charge < -0.3 is 10.6 Å². The third kappa shape index (κ3) is 5.65. The summed E-state index contributed by atoms with van der Waals surface area (Å²) in [6, 6.07) is 4.61. The number of hydrogen-bond donors (Lipinski definition) is 2. The van der Waals surface area contributed by atoms with Crippen LogP contribution in [0.3, 0.4) is 0 Å². The summed E-state index contributed by atoms with van der Waals surface area (Å²) in [5.74, 6) is 0.0691. The molecule has 1 saturated carbocycles. The van der Waals surface area contributed by atoms with Crippen LogP contribution in [-0.2, 0) is 18.9 Å². The van der Waals surface area contributed by atoms with Gasteiger partial charge in [-0.05, 0) is 65.6 Å². The van der Waals surface area contributed by atoms with E-state index in [1.165, 1.54) is 16.8 Å². The molecule has 0 radical (unpaired) electrons. The Balaban J connectivity index is 1.54. The SMILES string of the molecule is FC(F)(F)c1cccc(NC(=S)NCCCn2nc(C(F)(F)F)c(Br)c2C2CC2)c1. The first-order valence-electron chi connectivity index (χ1n) is 9.02. The third-order valence-electron chi connectivity index (χ3n) is 4.44. The van der Waals surface area contributed by atoms with Crippen LogP contribution >= 0.6 is 28.1 Å². The van der Waals surface area contributed by atoms with E-state index in [9.17, 15) is 26.3 Å². The number of nitrogens with zero attached hydrogens (tertiary/aromatic N) is 2. The number of alkyl halides is 6.